The molecule has 17 heavy (non-hydrogen) atoms. The van der Waals surface area contributed by atoms with E-state index in [2.05, 4.69) is 0 Å². The van der Waals surface area contributed by atoms with Gasteiger partial charge >= 0.3 is 0 Å². The monoisotopic (exact) mass is 232 g/mol. The lowest BCUT2D eigenvalue weighted by molar-refractivity contribution is 0.273. The van der Waals surface area contributed by atoms with Gasteiger partial charge in [0.2, 0.25) is 0 Å². The van der Waals surface area contributed by atoms with E-state index in [1.54, 1.807) is 6.07 Å². The minimum atomic E-state index is -0.446. The zero-order chi connectivity index (χ0) is 12.1. The van der Waals surface area contributed by atoms with Crippen LogP contribution in [0.4, 0.5) is 4.39 Å². The molecule has 0 spiro atoms. The Hall–Kier alpha value is -1.87. The van der Waals surface area contributed by atoms with E-state index in [9.17, 15) is 4.39 Å². The molecule has 2 aromatic carbocycles. The third-order valence-corrected chi connectivity index (χ3v) is 2.44. The summed E-state index contributed by atoms with van der Waals surface area (Å²) in [5, 5.41) is 8.84. The minimum Gasteiger partial charge on any atom is -0.489 e. The van der Waals surface area contributed by atoms with Crippen LogP contribution in [0, 0.1) is 5.82 Å². The van der Waals surface area contributed by atoms with Crippen LogP contribution in [0.2, 0.25) is 0 Å². The van der Waals surface area contributed by atoms with Crippen molar-refractivity contribution >= 4 is 0 Å². The molecule has 0 fully saturated rings. The first-order valence-electron chi connectivity index (χ1n) is 5.35. The molecule has 2 rings (SSSR count). The van der Waals surface area contributed by atoms with Crippen LogP contribution < -0.4 is 4.74 Å². The van der Waals surface area contributed by atoms with Crippen LogP contribution in [0.1, 0.15) is 11.1 Å². The second kappa shape index (κ2) is 5.46. The standard InChI is InChI=1S/C14H13FO2/c15-14-8-13(7-6-12(14)9-16)17-10-11-4-2-1-3-5-11/h1-8,16H,9-10H2. The van der Waals surface area contributed by atoms with Crippen molar-refractivity contribution in [3.63, 3.8) is 0 Å². The first kappa shape index (κ1) is 11.6. The molecule has 88 valence electrons. The van der Waals surface area contributed by atoms with Crippen molar-refractivity contribution in [1.82, 2.24) is 0 Å². The molecule has 0 atom stereocenters. The molecule has 1 N–H and O–H groups in total. The molecular formula is C14H13FO2. The Morgan fingerprint density at radius 3 is 2.47 bits per heavy atom. The van der Waals surface area contributed by atoms with Gasteiger partial charge in [-0.05, 0) is 11.6 Å². The van der Waals surface area contributed by atoms with Crippen LogP contribution in [-0.2, 0) is 13.2 Å². The smallest absolute Gasteiger partial charge is 0.132 e. The van der Waals surface area contributed by atoms with E-state index in [1.807, 2.05) is 30.3 Å². The van der Waals surface area contributed by atoms with Crippen LogP contribution in [0.5, 0.6) is 5.75 Å². The predicted molar refractivity (Wildman–Crippen MR) is 63.1 cm³/mol. The molecule has 2 nitrogen and oxygen atoms in total. The normalized spacial score (nSPS) is 10.2. The van der Waals surface area contributed by atoms with Gasteiger partial charge in [0.25, 0.3) is 0 Å². The van der Waals surface area contributed by atoms with E-state index in [1.165, 1.54) is 12.1 Å². The van der Waals surface area contributed by atoms with Gasteiger partial charge in [-0.15, -0.1) is 0 Å². The summed E-state index contributed by atoms with van der Waals surface area (Å²) in [6, 6.07) is 14.1. The second-order valence-corrected chi connectivity index (χ2v) is 3.69. The quantitative estimate of drug-likeness (QED) is 0.878. The summed E-state index contributed by atoms with van der Waals surface area (Å²) >= 11 is 0. The van der Waals surface area contributed by atoms with Crippen LogP contribution in [0.25, 0.3) is 0 Å². The molecule has 0 saturated heterocycles. The summed E-state index contributed by atoms with van der Waals surface area (Å²) in [5.74, 6) is 0.0154. The Kier molecular flexibility index (Phi) is 3.73. The van der Waals surface area contributed by atoms with Gasteiger partial charge < -0.3 is 9.84 Å². The van der Waals surface area contributed by atoms with Crippen molar-refractivity contribution in [2.24, 2.45) is 0 Å². The number of halogens is 1. The van der Waals surface area contributed by atoms with Gasteiger partial charge in [0.15, 0.2) is 0 Å². The summed E-state index contributed by atoms with van der Waals surface area (Å²) in [6.07, 6.45) is 0. The van der Waals surface area contributed by atoms with Gasteiger partial charge in [-0.2, -0.15) is 0 Å². The number of ether oxygens (including phenoxy) is 1. The first-order valence-corrected chi connectivity index (χ1v) is 5.35. The maximum Gasteiger partial charge on any atom is 0.132 e. The molecule has 0 bridgehead atoms. The van der Waals surface area contributed by atoms with Gasteiger partial charge in [-0.3, -0.25) is 0 Å². The van der Waals surface area contributed by atoms with Crippen molar-refractivity contribution in [1.29, 1.82) is 0 Å². The van der Waals surface area contributed by atoms with E-state index < -0.39 is 5.82 Å². The topological polar surface area (TPSA) is 29.5 Å². The third-order valence-electron chi connectivity index (χ3n) is 2.44. The van der Waals surface area contributed by atoms with Crippen molar-refractivity contribution in [2.45, 2.75) is 13.2 Å². The molecule has 0 aliphatic rings. The number of hydrogen-bond donors (Lipinski definition) is 1. The van der Waals surface area contributed by atoms with Crippen LogP contribution in [-0.4, -0.2) is 5.11 Å². The van der Waals surface area contributed by atoms with E-state index in [0.29, 0.717) is 12.4 Å². The molecule has 3 heteroatoms. The molecule has 2 aromatic rings. The Morgan fingerprint density at radius 1 is 1.06 bits per heavy atom. The van der Waals surface area contributed by atoms with Gasteiger partial charge in [-0.1, -0.05) is 36.4 Å². The molecule has 0 saturated carbocycles. The second-order valence-electron chi connectivity index (χ2n) is 3.69. The molecule has 0 aliphatic carbocycles. The highest BCUT2D eigenvalue weighted by molar-refractivity contribution is 5.29. The minimum absolute atomic E-state index is 0.275. The Bertz CT molecular complexity index is 483. The maximum absolute atomic E-state index is 13.3. The fraction of sp³-hybridized carbons (Fsp3) is 0.143. The van der Waals surface area contributed by atoms with E-state index in [0.717, 1.165) is 5.56 Å². The summed E-state index contributed by atoms with van der Waals surface area (Å²) in [7, 11) is 0. The van der Waals surface area contributed by atoms with Gasteiger partial charge in [0.05, 0.1) is 6.61 Å². The molecule has 0 aromatic heterocycles. The lowest BCUT2D eigenvalue weighted by Gasteiger charge is -2.07. The average molecular weight is 232 g/mol. The van der Waals surface area contributed by atoms with Gasteiger partial charge in [0.1, 0.15) is 18.2 Å². The van der Waals surface area contributed by atoms with Crippen LogP contribution in [0.15, 0.2) is 48.5 Å². The number of benzene rings is 2. The first-order chi connectivity index (χ1) is 8.29. The van der Waals surface area contributed by atoms with Crippen molar-refractivity contribution in [3.8, 4) is 5.75 Å². The van der Waals surface area contributed by atoms with Crippen LogP contribution >= 0.6 is 0 Å². The molecule has 0 amide bonds. The van der Waals surface area contributed by atoms with E-state index in [4.69, 9.17) is 9.84 Å². The average Bonchev–Trinajstić information content (AvgIpc) is 2.38. The lowest BCUT2D eigenvalue weighted by atomic mass is 10.2. The predicted octanol–water partition coefficient (Wildman–Crippen LogP) is 2.90. The number of aliphatic hydroxyl groups is 1. The highest BCUT2D eigenvalue weighted by atomic mass is 19.1. The van der Waals surface area contributed by atoms with Gasteiger partial charge in [0, 0.05) is 11.6 Å². The summed E-state index contributed by atoms with van der Waals surface area (Å²) in [5.41, 5.74) is 1.30. The SMILES string of the molecule is OCc1ccc(OCc2ccccc2)cc1F. The third kappa shape index (κ3) is 3.04. The Balaban J connectivity index is 2.02. The van der Waals surface area contributed by atoms with Crippen LogP contribution in [0.3, 0.4) is 0 Å². The fourth-order valence-corrected chi connectivity index (χ4v) is 1.49. The Labute approximate surface area is 99.3 Å². The lowest BCUT2D eigenvalue weighted by Crippen LogP contribution is -1.97. The number of rotatable bonds is 4. The summed E-state index contributed by atoms with van der Waals surface area (Å²) < 4.78 is 18.8. The van der Waals surface area contributed by atoms with E-state index >= 15 is 0 Å². The fourth-order valence-electron chi connectivity index (χ4n) is 1.49. The summed E-state index contributed by atoms with van der Waals surface area (Å²) in [6.45, 7) is 0.101. The zero-order valence-corrected chi connectivity index (χ0v) is 9.27. The molecule has 0 radical (unpaired) electrons. The molecule has 0 heterocycles. The van der Waals surface area contributed by atoms with Crippen molar-refractivity contribution in [2.75, 3.05) is 0 Å². The largest absolute Gasteiger partial charge is 0.489 e. The van der Waals surface area contributed by atoms with Gasteiger partial charge in [-0.25, -0.2) is 4.39 Å². The summed E-state index contributed by atoms with van der Waals surface area (Å²) in [4.78, 5) is 0. The zero-order valence-electron chi connectivity index (χ0n) is 9.27. The number of hydrogen-bond acceptors (Lipinski definition) is 2. The molecule has 0 unspecified atom stereocenters. The molecular weight excluding hydrogens is 219 g/mol. The van der Waals surface area contributed by atoms with E-state index in [-0.39, 0.29) is 12.2 Å². The molecule has 0 aliphatic heterocycles. The highest BCUT2D eigenvalue weighted by Gasteiger charge is 2.03. The Morgan fingerprint density at radius 2 is 1.82 bits per heavy atom. The maximum atomic E-state index is 13.3. The highest BCUT2D eigenvalue weighted by Crippen LogP contribution is 2.17. The van der Waals surface area contributed by atoms with Crippen molar-refractivity contribution < 1.29 is 14.2 Å². The number of aliphatic hydroxyl groups excluding tert-OH is 1. The van der Waals surface area contributed by atoms with Crippen molar-refractivity contribution in [3.05, 3.63) is 65.5 Å².